The molecule has 0 amide bonds. The number of nitrogens with zero attached hydrogens (tertiary/aromatic N) is 4. The van der Waals surface area contributed by atoms with Crippen LogP contribution in [-0.4, -0.2) is 47.1 Å². The smallest absolute Gasteiger partial charge is 0.196 e. The van der Waals surface area contributed by atoms with Gasteiger partial charge in [0.1, 0.15) is 17.4 Å². The van der Waals surface area contributed by atoms with Crippen molar-refractivity contribution in [1.82, 2.24) is 14.9 Å². The standard InChI is InChI=1S/C17H18N4O/c1-2-6-14-13(5-1)15-16(22-14)17(19-11-18-15)21-9-8-20-7-3-4-12(20)10-21/h1-2,5-6,11-12H,3-4,7-10H2. The zero-order valence-electron chi connectivity index (χ0n) is 12.4. The minimum atomic E-state index is 0.670. The average Bonchev–Trinajstić information content (AvgIpc) is 3.18. The number of aromatic nitrogens is 2. The monoisotopic (exact) mass is 294 g/mol. The molecule has 0 aliphatic carbocycles. The summed E-state index contributed by atoms with van der Waals surface area (Å²) >= 11 is 0. The van der Waals surface area contributed by atoms with Crippen LogP contribution in [-0.2, 0) is 0 Å². The number of para-hydroxylation sites is 1. The van der Waals surface area contributed by atoms with Crippen LogP contribution in [0.5, 0.6) is 0 Å². The van der Waals surface area contributed by atoms with Crippen molar-refractivity contribution in [1.29, 1.82) is 0 Å². The summed E-state index contributed by atoms with van der Waals surface area (Å²) in [6.07, 6.45) is 4.29. The molecule has 112 valence electrons. The van der Waals surface area contributed by atoms with E-state index in [9.17, 15) is 0 Å². The molecule has 1 unspecified atom stereocenters. The zero-order chi connectivity index (χ0) is 14.5. The van der Waals surface area contributed by atoms with Crippen molar-refractivity contribution in [2.45, 2.75) is 18.9 Å². The molecule has 5 heteroatoms. The van der Waals surface area contributed by atoms with Crippen LogP contribution in [0.1, 0.15) is 12.8 Å². The van der Waals surface area contributed by atoms with E-state index in [1.807, 2.05) is 18.2 Å². The lowest BCUT2D eigenvalue weighted by molar-refractivity contribution is 0.230. The minimum absolute atomic E-state index is 0.670. The van der Waals surface area contributed by atoms with E-state index < -0.39 is 0 Å². The van der Waals surface area contributed by atoms with Crippen molar-refractivity contribution in [2.75, 3.05) is 31.1 Å². The van der Waals surface area contributed by atoms with E-state index >= 15 is 0 Å². The molecule has 0 spiro atoms. The van der Waals surface area contributed by atoms with Gasteiger partial charge in [-0.15, -0.1) is 0 Å². The van der Waals surface area contributed by atoms with Crippen LogP contribution in [0.2, 0.25) is 0 Å². The SMILES string of the molecule is c1ccc2c(c1)oc1c(N3CCN4CCCC4C3)ncnc12. The fraction of sp³-hybridized carbons (Fsp3) is 0.412. The van der Waals surface area contributed by atoms with Crippen LogP contribution >= 0.6 is 0 Å². The van der Waals surface area contributed by atoms with E-state index in [2.05, 4.69) is 25.8 Å². The van der Waals surface area contributed by atoms with Crippen LogP contribution in [0.15, 0.2) is 35.0 Å². The second-order valence-corrected chi connectivity index (χ2v) is 6.25. The first-order chi connectivity index (χ1) is 10.9. The summed E-state index contributed by atoms with van der Waals surface area (Å²) in [6.45, 7) is 4.43. The molecule has 5 nitrogen and oxygen atoms in total. The molecule has 2 aliphatic rings. The number of fused-ring (bicyclic) bond motifs is 4. The van der Waals surface area contributed by atoms with E-state index in [1.165, 1.54) is 19.4 Å². The Morgan fingerprint density at radius 3 is 3.05 bits per heavy atom. The topological polar surface area (TPSA) is 45.4 Å². The van der Waals surface area contributed by atoms with Gasteiger partial charge in [-0.25, -0.2) is 9.97 Å². The van der Waals surface area contributed by atoms with Gasteiger partial charge in [0.25, 0.3) is 0 Å². The van der Waals surface area contributed by atoms with Gasteiger partial charge in [-0.05, 0) is 31.5 Å². The quantitative estimate of drug-likeness (QED) is 0.690. The summed E-state index contributed by atoms with van der Waals surface area (Å²) in [5.41, 5.74) is 2.64. The van der Waals surface area contributed by atoms with Gasteiger partial charge in [-0.3, -0.25) is 4.90 Å². The molecule has 0 saturated carbocycles. The molecule has 1 aromatic carbocycles. The maximum Gasteiger partial charge on any atom is 0.196 e. The number of rotatable bonds is 1. The Morgan fingerprint density at radius 1 is 1.09 bits per heavy atom. The second kappa shape index (κ2) is 4.68. The van der Waals surface area contributed by atoms with Gasteiger partial charge in [0.2, 0.25) is 0 Å². The number of hydrogen-bond donors (Lipinski definition) is 0. The normalized spacial score (nSPS) is 22.5. The lowest BCUT2D eigenvalue weighted by Gasteiger charge is -2.37. The molecule has 0 radical (unpaired) electrons. The van der Waals surface area contributed by atoms with Crippen molar-refractivity contribution >= 4 is 27.9 Å². The molecule has 22 heavy (non-hydrogen) atoms. The third kappa shape index (κ3) is 1.75. The highest BCUT2D eigenvalue weighted by atomic mass is 16.3. The first-order valence-electron chi connectivity index (χ1n) is 8.01. The number of furan rings is 1. The molecule has 2 aromatic heterocycles. The zero-order valence-corrected chi connectivity index (χ0v) is 12.4. The fourth-order valence-electron chi connectivity index (χ4n) is 3.92. The van der Waals surface area contributed by atoms with Crippen LogP contribution in [0.25, 0.3) is 22.1 Å². The van der Waals surface area contributed by atoms with Gasteiger partial charge in [0, 0.05) is 31.1 Å². The van der Waals surface area contributed by atoms with E-state index in [1.54, 1.807) is 6.33 Å². The largest absolute Gasteiger partial charge is 0.450 e. The van der Waals surface area contributed by atoms with Crippen LogP contribution < -0.4 is 4.90 Å². The first-order valence-corrected chi connectivity index (χ1v) is 8.01. The van der Waals surface area contributed by atoms with Gasteiger partial charge in [0.15, 0.2) is 11.4 Å². The molecular weight excluding hydrogens is 276 g/mol. The Labute approximate surface area is 128 Å². The molecule has 0 bridgehead atoms. The van der Waals surface area contributed by atoms with Crippen LogP contribution in [0, 0.1) is 0 Å². The maximum atomic E-state index is 6.07. The van der Waals surface area contributed by atoms with Gasteiger partial charge >= 0.3 is 0 Å². The summed E-state index contributed by atoms with van der Waals surface area (Å²) in [5.74, 6) is 0.952. The highest BCUT2D eigenvalue weighted by molar-refractivity contribution is 6.05. The molecule has 5 rings (SSSR count). The fourth-order valence-corrected chi connectivity index (χ4v) is 3.92. The van der Waals surface area contributed by atoms with Crippen molar-refractivity contribution in [3.05, 3.63) is 30.6 Å². The van der Waals surface area contributed by atoms with Gasteiger partial charge in [-0.2, -0.15) is 0 Å². The third-order valence-electron chi connectivity index (χ3n) is 5.03. The van der Waals surface area contributed by atoms with E-state index in [-0.39, 0.29) is 0 Å². The van der Waals surface area contributed by atoms with Crippen molar-refractivity contribution in [3.8, 4) is 0 Å². The Morgan fingerprint density at radius 2 is 2.05 bits per heavy atom. The van der Waals surface area contributed by atoms with Gasteiger partial charge < -0.3 is 9.32 Å². The molecular formula is C17H18N4O. The predicted octanol–water partition coefficient (Wildman–Crippen LogP) is 2.66. The molecule has 3 aromatic rings. The Bertz CT molecular complexity index is 843. The Kier molecular flexibility index (Phi) is 2.64. The number of benzene rings is 1. The summed E-state index contributed by atoms with van der Waals surface area (Å²) in [5, 5.41) is 1.07. The average molecular weight is 294 g/mol. The number of piperazine rings is 1. The van der Waals surface area contributed by atoms with E-state index in [0.717, 1.165) is 47.5 Å². The van der Waals surface area contributed by atoms with Gasteiger partial charge in [0.05, 0.1) is 0 Å². The third-order valence-corrected chi connectivity index (χ3v) is 5.03. The summed E-state index contributed by atoms with van der Waals surface area (Å²) < 4.78 is 6.07. The van der Waals surface area contributed by atoms with Crippen LogP contribution in [0.3, 0.4) is 0 Å². The van der Waals surface area contributed by atoms with Crippen molar-refractivity contribution in [2.24, 2.45) is 0 Å². The molecule has 1 atom stereocenters. The maximum absolute atomic E-state index is 6.07. The lowest BCUT2D eigenvalue weighted by Crippen LogP contribution is -2.50. The second-order valence-electron chi connectivity index (χ2n) is 6.25. The molecule has 4 heterocycles. The predicted molar refractivity (Wildman–Crippen MR) is 86.1 cm³/mol. The Balaban J connectivity index is 1.62. The Hall–Kier alpha value is -2.14. The number of hydrogen-bond acceptors (Lipinski definition) is 5. The summed E-state index contributed by atoms with van der Waals surface area (Å²) in [7, 11) is 0. The first kappa shape index (κ1) is 12.4. The van der Waals surface area contributed by atoms with Gasteiger partial charge in [-0.1, -0.05) is 12.1 Å². The molecule has 0 N–H and O–H groups in total. The summed E-state index contributed by atoms with van der Waals surface area (Å²) in [4.78, 5) is 14.0. The van der Waals surface area contributed by atoms with Crippen molar-refractivity contribution in [3.63, 3.8) is 0 Å². The lowest BCUT2D eigenvalue weighted by atomic mass is 10.1. The summed E-state index contributed by atoms with van der Waals surface area (Å²) in [6, 6.07) is 8.75. The van der Waals surface area contributed by atoms with E-state index in [0.29, 0.717) is 6.04 Å². The van der Waals surface area contributed by atoms with E-state index in [4.69, 9.17) is 4.42 Å². The minimum Gasteiger partial charge on any atom is -0.450 e. The highest BCUT2D eigenvalue weighted by Gasteiger charge is 2.32. The molecule has 2 aliphatic heterocycles. The number of anilines is 1. The molecule has 2 fully saturated rings. The van der Waals surface area contributed by atoms with Crippen LogP contribution in [0.4, 0.5) is 5.82 Å². The highest BCUT2D eigenvalue weighted by Crippen LogP contribution is 2.33. The molecule has 2 saturated heterocycles. The van der Waals surface area contributed by atoms with Crippen molar-refractivity contribution < 1.29 is 4.42 Å².